The van der Waals surface area contributed by atoms with Gasteiger partial charge in [0.2, 0.25) is 0 Å². The average molecular weight is 460 g/mol. The molecule has 0 atom stereocenters. The monoisotopic (exact) mass is 460 g/mol. The number of phenolic OH excluding ortho intramolecular Hbond substituents is 1. The van der Waals surface area contributed by atoms with Gasteiger partial charge in [0.15, 0.2) is 5.96 Å². The van der Waals surface area contributed by atoms with Crippen LogP contribution in [0.25, 0.3) is 0 Å². The standard InChI is InChI=1S/C18H28N4O2.HI/c1-2-19-18(22-15-8-3-4-9-15)21-12-6-11-20-17(24)14-7-5-10-16(23)13-14;/h5,7,10,13,15,23H,2-4,6,8-9,11-12H2,1H3,(H,20,24)(H2,19,21,22);1H. The molecule has 0 bridgehead atoms. The number of carbonyl (C=O) groups is 1. The first-order chi connectivity index (χ1) is 11.7. The second-order valence-electron chi connectivity index (χ2n) is 6.05. The van der Waals surface area contributed by atoms with Crippen molar-refractivity contribution in [3.05, 3.63) is 29.8 Å². The molecule has 6 nitrogen and oxygen atoms in total. The Labute approximate surface area is 166 Å². The zero-order valence-electron chi connectivity index (χ0n) is 14.8. The summed E-state index contributed by atoms with van der Waals surface area (Å²) in [5.74, 6) is 0.787. The van der Waals surface area contributed by atoms with Crippen molar-refractivity contribution in [1.29, 1.82) is 0 Å². The number of nitrogens with zero attached hydrogens (tertiary/aromatic N) is 1. The Balaban J connectivity index is 0.00000312. The third-order valence-corrected chi connectivity index (χ3v) is 4.04. The lowest BCUT2D eigenvalue weighted by Crippen LogP contribution is -2.42. The summed E-state index contributed by atoms with van der Waals surface area (Å²) in [5, 5.41) is 19.0. The van der Waals surface area contributed by atoms with Crippen molar-refractivity contribution in [3.8, 4) is 5.75 Å². The lowest BCUT2D eigenvalue weighted by Gasteiger charge is -2.16. The SMILES string of the molecule is CCNC(=NCCCNC(=O)c1cccc(O)c1)NC1CCCC1.I. The van der Waals surface area contributed by atoms with E-state index in [0.29, 0.717) is 24.7 Å². The van der Waals surface area contributed by atoms with E-state index in [1.807, 2.05) is 0 Å². The molecule has 1 aliphatic rings. The molecule has 7 heteroatoms. The Hall–Kier alpha value is -1.51. The maximum atomic E-state index is 11.9. The molecule has 0 aromatic heterocycles. The number of phenols is 1. The van der Waals surface area contributed by atoms with Gasteiger partial charge in [0.25, 0.3) is 5.91 Å². The first-order valence-electron chi connectivity index (χ1n) is 8.81. The lowest BCUT2D eigenvalue weighted by atomic mass is 10.2. The number of benzene rings is 1. The molecule has 25 heavy (non-hydrogen) atoms. The first kappa shape index (κ1) is 21.5. The van der Waals surface area contributed by atoms with Crippen LogP contribution in [0.15, 0.2) is 29.3 Å². The van der Waals surface area contributed by atoms with Crippen molar-refractivity contribution >= 4 is 35.8 Å². The van der Waals surface area contributed by atoms with Crippen LogP contribution in [0.4, 0.5) is 0 Å². The summed E-state index contributed by atoms with van der Waals surface area (Å²) >= 11 is 0. The Morgan fingerprint density at radius 3 is 2.72 bits per heavy atom. The molecule has 1 saturated carbocycles. The van der Waals surface area contributed by atoms with Crippen LogP contribution in [-0.2, 0) is 0 Å². The average Bonchev–Trinajstić information content (AvgIpc) is 3.07. The van der Waals surface area contributed by atoms with Crippen molar-refractivity contribution in [3.63, 3.8) is 0 Å². The molecule has 0 spiro atoms. The number of guanidine groups is 1. The third kappa shape index (κ3) is 7.94. The Morgan fingerprint density at radius 1 is 1.28 bits per heavy atom. The highest BCUT2D eigenvalue weighted by atomic mass is 127. The van der Waals surface area contributed by atoms with Gasteiger partial charge in [-0.3, -0.25) is 9.79 Å². The summed E-state index contributed by atoms with van der Waals surface area (Å²) in [6, 6.07) is 6.88. The van der Waals surface area contributed by atoms with Crippen LogP contribution < -0.4 is 16.0 Å². The van der Waals surface area contributed by atoms with Gasteiger partial charge >= 0.3 is 0 Å². The highest BCUT2D eigenvalue weighted by molar-refractivity contribution is 14.0. The van der Waals surface area contributed by atoms with Crippen LogP contribution in [0.2, 0.25) is 0 Å². The number of aliphatic imine (C=N–C) groups is 1. The number of carbonyl (C=O) groups excluding carboxylic acids is 1. The second kappa shape index (κ2) is 11.9. The smallest absolute Gasteiger partial charge is 0.251 e. The highest BCUT2D eigenvalue weighted by Crippen LogP contribution is 2.17. The molecule has 0 heterocycles. The summed E-state index contributed by atoms with van der Waals surface area (Å²) in [5.41, 5.74) is 0.467. The van der Waals surface area contributed by atoms with E-state index in [0.717, 1.165) is 18.9 Å². The lowest BCUT2D eigenvalue weighted by molar-refractivity contribution is 0.0953. The Bertz CT molecular complexity index is 560. The predicted molar refractivity (Wildman–Crippen MR) is 112 cm³/mol. The molecule has 1 fully saturated rings. The minimum absolute atomic E-state index is 0. The van der Waals surface area contributed by atoms with E-state index in [9.17, 15) is 9.90 Å². The molecule has 0 saturated heterocycles. The van der Waals surface area contributed by atoms with Crippen LogP contribution in [0.5, 0.6) is 5.75 Å². The van der Waals surface area contributed by atoms with Gasteiger partial charge in [-0.2, -0.15) is 0 Å². The molecule has 1 aromatic carbocycles. The Morgan fingerprint density at radius 2 is 2.04 bits per heavy atom. The second-order valence-corrected chi connectivity index (χ2v) is 6.05. The van der Waals surface area contributed by atoms with Crippen LogP contribution in [0.3, 0.4) is 0 Å². The van der Waals surface area contributed by atoms with Gasteiger partial charge in [-0.05, 0) is 44.4 Å². The number of rotatable bonds is 7. The molecule has 0 radical (unpaired) electrons. The van der Waals surface area contributed by atoms with Crippen LogP contribution in [-0.4, -0.2) is 42.6 Å². The number of aromatic hydroxyl groups is 1. The highest BCUT2D eigenvalue weighted by Gasteiger charge is 2.15. The predicted octanol–water partition coefficient (Wildman–Crippen LogP) is 2.63. The van der Waals surface area contributed by atoms with Crippen molar-refractivity contribution < 1.29 is 9.90 Å². The van der Waals surface area contributed by atoms with Crippen molar-refractivity contribution in [2.45, 2.75) is 45.1 Å². The quantitative estimate of drug-likeness (QED) is 0.218. The molecule has 4 N–H and O–H groups in total. The fraction of sp³-hybridized carbons (Fsp3) is 0.556. The molecule has 0 aliphatic heterocycles. The van der Waals surface area contributed by atoms with Crippen LogP contribution >= 0.6 is 24.0 Å². The minimum Gasteiger partial charge on any atom is -0.508 e. The maximum absolute atomic E-state index is 11.9. The molecule has 1 aromatic rings. The molecule has 1 amide bonds. The van der Waals surface area contributed by atoms with E-state index in [1.54, 1.807) is 18.2 Å². The number of amides is 1. The number of halogens is 1. The zero-order valence-corrected chi connectivity index (χ0v) is 17.1. The third-order valence-electron chi connectivity index (χ3n) is 4.04. The molecule has 1 aliphatic carbocycles. The summed E-state index contributed by atoms with van der Waals surface area (Å²) in [4.78, 5) is 16.5. The van der Waals surface area contributed by atoms with E-state index in [-0.39, 0.29) is 35.6 Å². The van der Waals surface area contributed by atoms with Crippen molar-refractivity contribution in [2.75, 3.05) is 19.6 Å². The molecular weight excluding hydrogens is 431 g/mol. The number of nitrogens with one attached hydrogen (secondary N) is 3. The normalized spacial score (nSPS) is 14.7. The van der Waals surface area contributed by atoms with Crippen LogP contribution in [0.1, 0.15) is 49.4 Å². The van der Waals surface area contributed by atoms with E-state index < -0.39 is 0 Å². The number of hydrogen-bond donors (Lipinski definition) is 4. The van der Waals surface area contributed by atoms with Gasteiger partial charge in [0.05, 0.1) is 0 Å². The molecular formula is C18H29IN4O2. The van der Waals surface area contributed by atoms with Gasteiger partial charge in [-0.1, -0.05) is 18.9 Å². The fourth-order valence-electron chi connectivity index (χ4n) is 2.80. The van der Waals surface area contributed by atoms with Gasteiger partial charge in [-0.15, -0.1) is 24.0 Å². The minimum atomic E-state index is -0.175. The van der Waals surface area contributed by atoms with Crippen molar-refractivity contribution in [2.24, 2.45) is 4.99 Å². The molecule has 140 valence electrons. The summed E-state index contributed by atoms with van der Waals surface area (Å²) in [6.07, 6.45) is 5.77. The summed E-state index contributed by atoms with van der Waals surface area (Å²) < 4.78 is 0. The van der Waals surface area contributed by atoms with E-state index >= 15 is 0 Å². The van der Waals surface area contributed by atoms with E-state index in [1.165, 1.54) is 31.7 Å². The van der Waals surface area contributed by atoms with Gasteiger partial charge in [0.1, 0.15) is 5.75 Å². The molecule has 2 rings (SSSR count). The maximum Gasteiger partial charge on any atom is 0.251 e. The largest absolute Gasteiger partial charge is 0.508 e. The molecule has 0 unspecified atom stereocenters. The summed E-state index contributed by atoms with van der Waals surface area (Å²) in [7, 11) is 0. The van der Waals surface area contributed by atoms with Gasteiger partial charge in [-0.25, -0.2) is 0 Å². The fourth-order valence-corrected chi connectivity index (χ4v) is 2.80. The summed E-state index contributed by atoms with van der Waals surface area (Å²) in [6.45, 7) is 4.11. The van der Waals surface area contributed by atoms with Gasteiger partial charge < -0.3 is 21.1 Å². The number of hydrogen-bond acceptors (Lipinski definition) is 3. The Kier molecular flexibility index (Phi) is 10.3. The van der Waals surface area contributed by atoms with E-state index in [4.69, 9.17) is 0 Å². The van der Waals surface area contributed by atoms with Crippen molar-refractivity contribution in [1.82, 2.24) is 16.0 Å². The van der Waals surface area contributed by atoms with Gasteiger partial charge in [0, 0.05) is 31.2 Å². The first-order valence-corrected chi connectivity index (χ1v) is 8.81. The topological polar surface area (TPSA) is 85.8 Å². The van der Waals surface area contributed by atoms with Crippen LogP contribution in [0, 0.1) is 0 Å². The van der Waals surface area contributed by atoms with E-state index in [2.05, 4.69) is 27.9 Å². The zero-order chi connectivity index (χ0) is 17.2.